The van der Waals surface area contributed by atoms with Crippen molar-refractivity contribution in [3.63, 3.8) is 0 Å². The molecule has 1 atom stereocenters. The number of aliphatic hydroxyl groups is 1. The van der Waals surface area contributed by atoms with Crippen LogP contribution in [0.25, 0.3) is 5.76 Å². The van der Waals surface area contributed by atoms with Gasteiger partial charge < -0.3 is 10.4 Å². The summed E-state index contributed by atoms with van der Waals surface area (Å²) in [5, 5.41) is 14.7. The molecule has 3 rings (SSSR count). The number of hydrogen-bond acceptors (Lipinski definition) is 3. The van der Waals surface area contributed by atoms with E-state index in [4.69, 9.17) is 23.2 Å². The van der Waals surface area contributed by atoms with Gasteiger partial charge in [-0.25, -0.2) is 0 Å². The Labute approximate surface area is 185 Å². The van der Waals surface area contributed by atoms with Gasteiger partial charge in [0.25, 0.3) is 5.91 Å². The normalized spacial score (nSPS) is 13.0. The molecule has 2 N–H and O–H groups in total. The number of nitrogens with one attached hydrogen (secondary N) is 1. The van der Waals surface area contributed by atoms with Crippen molar-refractivity contribution < 1.29 is 9.90 Å². The number of rotatable bonds is 6. The van der Waals surface area contributed by atoms with E-state index in [-0.39, 0.29) is 17.4 Å². The first-order chi connectivity index (χ1) is 14.5. The molecule has 4 nitrogen and oxygen atoms in total. The van der Waals surface area contributed by atoms with Crippen molar-refractivity contribution in [2.45, 2.75) is 13.0 Å². The Morgan fingerprint density at radius 2 is 1.60 bits per heavy atom. The van der Waals surface area contributed by atoms with Gasteiger partial charge >= 0.3 is 0 Å². The van der Waals surface area contributed by atoms with Crippen LogP contribution in [-0.2, 0) is 4.79 Å². The minimum absolute atomic E-state index is 0.000770. The molecule has 3 aromatic rings. The molecule has 6 heteroatoms. The number of amides is 1. The van der Waals surface area contributed by atoms with E-state index >= 15 is 0 Å². The molecule has 0 radical (unpaired) electrons. The van der Waals surface area contributed by atoms with E-state index in [2.05, 4.69) is 10.3 Å². The summed E-state index contributed by atoms with van der Waals surface area (Å²) >= 11 is 12.1. The second-order valence-electron chi connectivity index (χ2n) is 6.58. The third-order valence-electron chi connectivity index (χ3n) is 4.45. The lowest BCUT2D eigenvalue weighted by Gasteiger charge is -2.16. The zero-order valence-corrected chi connectivity index (χ0v) is 17.7. The van der Waals surface area contributed by atoms with Crippen LogP contribution in [0.4, 0.5) is 5.69 Å². The molecule has 0 heterocycles. The standard InChI is InChI=1S/C24H20Cl2N2O2/c1-16(17-7-3-2-4-8-17)28-24(30)21(15-27-19-13-11-18(25)12-14-19)23(29)20-9-5-6-10-22(20)26/h2-16,29H,1H3,(H,28,30). The van der Waals surface area contributed by atoms with Gasteiger partial charge in [0.05, 0.1) is 16.8 Å². The van der Waals surface area contributed by atoms with Crippen LogP contribution in [0.2, 0.25) is 10.0 Å². The Morgan fingerprint density at radius 1 is 0.967 bits per heavy atom. The van der Waals surface area contributed by atoms with E-state index in [0.29, 0.717) is 21.3 Å². The molecule has 0 saturated carbocycles. The molecule has 0 spiro atoms. The Morgan fingerprint density at radius 3 is 2.27 bits per heavy atom. The number of carbonyl (C=O) groups is 1. The molecule has 0 saturated heterocycles. The lowest BCUT2D eigenvalue weighted by molar-refractivity contribution is -0.117. The molecule has 3 aromatic carbocycles. The predicted octanol–water partition coefficient (Wildman–Crippen LogP) is 6.54. The lowest BCUT2D eigenvalue weighted by Crippen LogP contribution is -2.29. The molecule has 1 amide bonds. The minimum atomic E-state index is -0.471. The summed E-state index contributed by atoms with van der Waals surface area (Å²) in [5.41, 5.74) is 1.88. The van der Waals surface area contributed by atoms with E-state index in [1.165, 1.54) is 6.21 Å². The fourth-order valence-electron chi connectivity index (χ4n) is 2.79. The molecule has 30 heavy (non-hydrogen) atoms. The number of nitrogens with zero attached hydrogens (tertiary/aromatic N) is 1. The van der Waals surface area contributed by atoms with Gasteiger partial charge in [0, 0.05) is 16.8 Å². The third-order valence-corrected chi connectivity index (χ3v) is 5.03. The van der Waals surface area contributed by atoms with Crippen LogP contribution >= 0.6 is 23.2 Å². The number of halogens is 2. The summed E-state index contributed by atoms with van der Waals surface area (Å²) in [4.78, 5) is 17.4. The van der Waals surface area contributed by atoms with Crippen molar-refractivity contribution in [2.75, 3.05) is 0 Å². The Bertz CT molecular complexity index is 1080. The number of benzene rings is 3. The third kappa shape index (κ3) is 5.50. The number of hydrogen-bond donors (Lipinski definition) is 2. The summed E-state index contributed by atoms with van der Waals surface area (Å²) in [7, 11) is 0. The summed E-state index contributed by atoms with van der Waals surface area (Å²) in [5.74, 6) is -0.724. The average molecular weight is 439 g/mol. The van der Waals surface area contributed by atoms with Crippen molar-refractivity contribution in [3.8, 4) is 0 Å². The van der Waals surface area contributed by atoms with Crippen molar-refractivity contribution in [2.24, 2.45) is 4.99 Å². The topological polar surface area (TPSA) is 61.7 Å². The number of carbonyl (C=O) groups excluding carboxylic acids is 1. The molecule has 1 unspecified atom stereocenters. The Hall–Kier alpha value is -3.08. The van der Waals surface area contributed by atoms with Gasteiger partial charge in [0.15, 0.2) is 0 Å². The van der Waals surface area contributed by atoms with E-state index in [0.717, 1.165) is 5.56 Å². The van der Waals surface area contributed by atoms with E-state index in [9.17, 15) is 9.90 Å². The zero-order valence-electron chi connectivity index (χ0n) is 16.2. The van der Waals surface area contributed by atoms with Crippen molar-refractivity contribution in [3.05, 3.63) is 106 Å². The number of aliphatic imine (C=N–C) groups is 1. The van der Waals surface area contributed by atoms with E-state index in [1.807, 2.05) is 37.3 Å². The Balaban J connectivity index is 1.96. The summed E-state index contributed by atoms with van der Waals surface area (Å²) in [6.07, 6.45) is 1.33. The van der Waals surface area contributed by atoms with Gasteiger partial charge in [-0.2, -0.15) is 0 Å². The van der Waals surface area contributed by atoms with Gasteiger partial charge in [-0.1, -0.05) is 65.7 Å². The summed E-state index contributed by atoms with van der Waals surface area (Å²) < 4.78 is 0. The summed E-state index contributed by atoms with van der Waals surface area (Å²) in [6.45, 7) is 1.87. The molecule has 0 aliphatic heterocycles. The van der Waals surface area contributed by atoms with Gasteiger partial charge in [-0.3, -0.25) is 9.79 Å². The molecular weight excluding hydrogens is 419 g/mol. The highest BCUT2D eigenvalue weighted by atomic mass is 35.5. The quantitative estimate of drug-likeness (QED) is 0.260. The van der Waals surface area contributed by atoms with Gasteiger partial charge in [0.2, 0.25) is 0 Å². The first kappa shape index (κ1) is 21.6. The first-order valence-electron chi connectivity index (χ1n) is 9.29. The Kier molecular flexibility index (Phi) is 7.28. The van der Waals surface area contributed by atoms with E-state index < -0.39 is 5.91 Å². The molecule has 152 valence electrons. The maximum absolute atomic E-state index is 13.0. The van der Waals surface area contributed by atoms with Gasteiger partial charge in [-0.05, 0) is 48.9 Å². The van der Waals surface area contributed by atoms with Crippen molar-refractivity contribution in [1.82, 2.24) is 5.32 Å². The smallest absolute Gasteiger partial charge is 0.257 e. The second-order valence-corrected chi connectivity index (χ2v) is 7.43. The maximum atomic E-state index is 13.0. The summed E-state index contributed by atoms with van der Waals surface area (Å²) in [6, 6.07) is 22.9. The monoisotopic (exact) mass is 438 g/mol. The van der Waals surface area contributed by atoms with Crippen molar-refractivity contribution >= 4 is 46.8 Å². The SMILES string of the molecule is CC(NC(=O)C(C=Nc1ccc(Cl)cc1)=C(O)c1ccccc1Cl)c1ccccc1. The fraction of sp³-hybridized carbons (Fsp3) is 0.0833. The predicted molar refractivity (Wildman–Crippen MR) is 124 cm³/mol. The molecule has 0 aromatic heterocycles. The van der Waals surface area contributed by atoms with Crippen molar-refractivity contribution in [1.29, 1.82) is 0 Å². The maximum Gasteiger partial charge on any atom is 0.257 e. The van der Waals surface area contributed by atoms with Crippen LogP contribution in [-0.4, -0.2) is 17.2 Å². The highest BCUT2D eigenvalue weighted by molar-refractivity contribution is 6.33. The first-order valence-corrected chi connectivity index (χ1v) is 10.0. The lowest BCUT2D eigenvalue weighted by atomic mass is 10.1. The molecule has 0 bridgehead atoms. The molecule has 0 aliphatic carbocycles. The van der Waals surface area contributed by atoms with Crippen LogP contribution in [0.1, 0.15) is 24.1 Å². The van der Waals surface area contributed by atoms with Gasteiger partial charge in [0.1, 0.15) is 11.3 Å². The molecule has 0 aliphatic rings. The largest absolute Gasteiger partial charge is 0.506 e. The van der Waals surface area contributed by atoms with E-state index in [1.54, 1.807) is 48.5 Å². The molecule has 0 fully saturated rings. The van der Waals surface area contributed by atoms with Crippen LogP contribution in [0.15, 0.2) is 89.4 Å². The van der Waals surface area contributed by atoms with Crippen LogP contribution in [0, 0.1) is 0 Å². The highest BCUT2D eigenvalue weighted by Gasteiger charge is 2.19. The molecular formula is C24H20Cl2N2O2. The average Bonchev–Trinajstić information content (AvgIpc) is 2.76. The van der Waals surface area contributed by atoms with Gasteiger partial charge in [-0.15, -0.1) is 0 Å². The van der Waals surface area contributed by atoms with Crippen LogP contribution in [0.5, 0.6) is 0 Å². The zero-order chi connectivity index (χ0) is 21.5. The highest BCUT2D eigenvalue weighted by Crippen LogP contribution is 2.25. The number of aliphatic hydroxyl groups excluding tert-OH is 1. The second kappa shape index (κ2) is 10.1. The van der Waals surface area contributed by atoms with Crippen LogP contribution < -0.4 is 5.32 Å². The fourth-order valence-corrected chi connectivity index (χ4v) is 3.14. The minimum Gasteiger partial charge on any atom is -0.506 e. The van der Waals surface area contributed by atoms with Crippen LogP contribution in [0.3, 0.4) is 0 Å².